The molecule has 3 heteroatoms. The molecule has 0 atom stereocenters. The van der Waals surface area contributed by atoms with E-state index in [0.717, 1.165) is 25.4 Å². The smallest absolute Gasteiger partial charge is 0.0574 e. The van der Waals surface area contributed by atoms with Crippen LogP contribution in [0.1, 0.15) is 0 Å². The van der Waals surface area contributed by atoms with E-state index in [9.17, 15) is 0 Å². The molecule has 0 spiro atoms. The van der Waals surface area contributed by atoms with Crippen molar-refractivity contribution in [3.05, 3.63) is 54.6 Å². The van der Waals surface area contributed by atoms with Crippen LogP contribution < -0.4 is 11.1 Å². The Balaban J connectivity index is 1.65. The van der Waals surface area contributed by atoms with E-state index in [1.165, 1.54) is 11.1 Å². The van der Waals surface area contributed by atoms with Gasteiger partial charge < -0.3 is 15.8 Å². The third-order valence-corrected chi connectivity index (χ3v) is 3.91. The minimum atomic E-state index is 0.123. The summed E-state index contributed by atoms with van der Waals surface area (Å²) < 4.78 is 5.27. The fraction of sp³-hybridized carbons (Fsp3) is 0.294. The van der Waals surface area contributed by atoms with Crippen molar-refractivity contribution in [2.45, 2.75) is 0 Å². The standard InChI is InChI=1S/C17H20N2O/c18-10-17(12-20-13-17)11-19-16-8-6-15(7-9-16)14-4-2-1-3-5-14/h1-9,19H,10-13,18H2. The molecule has 0 radical (unpaired) electrons. The predicted molar refractivity (Wildman–Crippen MR) is 82.7 cm³/mol. The first-order valence-electron chi connectivity index (χ1n) is 6.99. The second-order valence-corrected chi connectivity index (χ2v) is 5.49. The molecule has 0 bridgehead atoms. The SMILES string of the molecule is NCC1(CNc2ccc(-c3ccccc3)cc2)COC1. The lowest BCUT2D eigenvalue weighted by atomic mass is 9.86. The van der Waals surface area contributed by atoms with E-state index in [1.54, 1.807) is 0 Å². The van der Waals surface area contributed by atoms with Crippen LogP contribution in [0.5, 0.6) is 0 Å². The van der Waals surface area contributed by atoms with Crippen molar-refractivity contribution in [3.63, 3.8) is 0 Å². The zero-order chi connectivity index (χ0) is 13.8. The fourth-order valence-electron chi connectivity index (χ4n) is 2.38. The molecule has 1 aliphatic rings. The number of benzene rings is 2. The number of anilines is 1. The van der Waals surface area contributed by atoms with E-state index in [0.29, 0.717) is 6.54 Å². The van der Waals surface area contributed by atoms with E-state index in [2.05, 4.69) is 53.8 Å². The second-order valence-electron chi connectivity index (χ2n) is 5.49. The van der Waals surface area contributed by atoms with E-state index in [1.807, 2.05) is 6.07 Å². The van der Waals surface area contributed by atoms with Crippen LogP contribution in [0, 0.1) is 5.41 Å². The van der Waals surface area contributed by atoms with Crippen molar-refractivity contribution in [2.24, 2.45) is 11.1 Å². The molecule has 0 unspecified atom stereocenters. The van der Waals surface area contributed by atoms with Gasteiger partial charge in [0.25, 0.3) is 0 Å². The molecule has 2 aromatic rings. The summed E-state index contributed by atoms with van der Waals surface area (Å²) in [5.41, 5.74) is 9.54. The fourth-order valence-corrected chi connectivity index (χ4v) is 2.38. The highest BCUT2D eigenvalue weighted by Gasteiger charge is 2.36. The quantitative estimate of drug-likeness (QED) is 0.876. The lowest BCUT2D eigenvalue weighted by Gasteiger charge is -2.40. The summed E-state index contributed by atoms with van der Waals surface area (Å²) in [6.45, 7) is 3.06. The summed E-state index contributed by atoms with van der Waals surface area (Å²) in [7, 11) is 0. The Kier molecular flexibility index (Phi) is 3.72. The normalized spacial score (nSPS) is 16.4. The van der Waals surface area contributed by atoms with E-state index in [4.69, 9.17) is 10.5 Å². The van der Waals surface area contributed by atoms with Gasteiger partial charge in [0, 0.05) is 24.2 Å². The van der Waals surface area contributed by atoms with E-state index in [-0.39, 0.29) is 5.41 Å². The Hall–Kier alpha value is -1.84. The molecule has 104 valence electrons. The van der Waals surface area contributed by atoms with Gasteiger partial charge in [0.2, 0.25) is 0 Å². The molecule has 1 saturated heterocycles. The molecule has 3 nitrogen and oxygen atoms in total. The van der Waals surface area contributed by atoms with Crippen LogP contribution >= 0.6 is 0 Å². The van der Waals surface area contributed by atoms with Gasteiger partial charge in [-0.3, -0.25) is 0 Å². The first-order valence-corrected chi connectivity index (χ1v) is 6.99. The molecule has 3 N–H and O–H groups in total. The molecule has 1 aliphatic heterocycles. The molecule has 0 amide bonds. The van der Waals surface area contributed by atoms with Gasteiger partial charge >= 0.3 is 0 Å². The maximum Gasteiger partial charge on any atom is 0.0574 e. The average molecular weight is 268 g/mol. The van der Waals surface area contributed by atoms with Gasteiger partial charge in [-0.05, 0) is 23.3 Å². The summed E-state index contributed by atoms with van der Waals surface area (Å²) in [6, 6.07) is 18.9. The summed E-state index contributed by atoms with van der Waals surface area (Å²) in [5, 5.41) is 3.46. The van der Waals surface area contributed by atoms with Crippen molar-refractivity contribution in [3.8, 4) is 11.1 Å². The molecule has 20 heavy (non-hydrogen) atoms. The van der Waals surface area contributed by atoms with Gasteiger partial charge in [-0.1, -0.05) is 42.5 Å². The molecule has 0 saturated carbocycles. The lowest BCUT2D eigenvalue weighted by Crippen LogP contribution is -2.52. The Labute approximate surface area is 119 Å². The van der Waals surface area contributed by atoms with Gasteiger partial charge in [0.05, 0.1) is 13.2 Å². The Morgan fingerprint density at radius 3 is 2.15 bits per heavy atom. The molecule has 1 heterocycles. The predicted octanol–water partition coefficient (Wildman–Crippen LogP) is 2.74. The first kappa shape index (κ1) is 13.2. The summed E-state index contributed by atoms with van der Waals surface area (Å²) >= 11 is 0. The largest absolute Gasteiger partial charge is 0.384 e. The number of ether oxygens (including phenoxy) is 1. The van der Waals surface area contributed by atoms with Gasteiger partial charge in [-0.2, -0.15) is 0 Å². The van der Waals surface area contributed by atoms with Gasteiger partial charge in [0.15, 0.2) is 0 Å². The van der Waals surface area contributed by atoms with Gasteiger partial charge in [-0.25, -0.2) is 0 Å². The summed E-state index contributed by atoms with van der Waals surface area (Å²) in [4.78, 5) is 0. The Morgan fingerprint density at radius 1 is 0.950 bits per heavy atom. The van der Waals surface area contributed by atoms with Crippen molar-refractivity contribution >= 4 is 5.69 Å². The topological polar surface area (TPSA) is 47.3 Å². The van der Waals surface area contributed by atoms with Crippen LogP contribution in [-0.2, 0) is 4.74 Å². The molecule has 3 rings (SSSR count). The number of rotatable bonds is 5. The molecule has 0 aliphatic carbocycles. The zero-order valence-electron chi connectivity index (χ0n) is 11.5. The number of nitrogens with two attached hydrogens (primary N) is 1. The van der Waals surface area contributed by atoms with Crippen LogP contribution in [0.3, 0.4) is 0 Å². The Morgan fingerprint density at radius 2 is 1.60 bits per heavy atom. The molecule has 0 aromatic heterocycles. The van der Waals surface area contributed by atoms with Crippen molar-refractivity contribution in [1.82, 2.24) is 0 Å². The highest BCUT2D eigenvalue weighted by Crippen LogP contribution is 2.27. The van der Waals surface area contributed by atoms with E-state index < -0.39 is 0 Å². The van der Waals surface area contributed by atoms with Crippen molar-refractivity contribution in [2.75, 3.05) is 31.6 Å². The lowest BCUT2D eigenvalue weighted by molar-refractivity contribution is -0.0979. The zero-order valence-corrected chi connectivity index (χ0v) is 11.5. The third-order valence-electron chi connectivity index (χ3n) is 3.91. The summed E-state index contributed by atoms with van der Waals surface area (Å²) in [5.74, 6) is 0. The molecular weight excluding hydrogens is 248 g/mol. The number of hydrogen-bond donors (Lipinski definition) is 2. The molecular formula is C17H20N2O. The average Bonchev–Trinajstić information content (AvgIpc) is 2.48. The maximum atomic E-state index is 5.81. The minimum absolute atomic E-state index is 0.123. The number of hydrogen-bond acceptors (Lipinski definition) is 3. The van der Waals surface area contributed by atoms with Gasteiger partial charge in [-0.15, -0.1) is 0 Å². The monoisotopic (exact) mass is 268 g/mol. The van der Waals surface area contributed by atoms with Crippen LogP contribution in [0.2, 0.25) is 0 Å². The van der Waals surface area contributed by atoms with Crippen LogP contribution in [0.25, 0.3) is 11.1 Å². The van der Waals surface area contributed by atoms with Crippen molar-refractivity contribution < 1.29 is 4.74 Å². The van der Waals surface area contributed by atoms with Crippen LogP contribution in [-0.4, -0.2) is 26.3 Å². The maximum absolute atomic E-state index is 5.81. The highest BCUT2D eigenvalue weighted by atomic mass is 16.5. The second kappa shape index (κ2) is 5.65. The highest BCUT2D eigenvalue weighted by molar-refractivity contribution is 5.65. The van der Waals surface area contributed by atoms with Crippen molar-refractivity contribution in [1.29, 1.82) is 0 Å². The first-order chi connectivity index (χ1) is 9.81. The van der Waals surface area contributed by atoms with E-state index >= 15 is 0 Å². The summed E-state index contributed by atoms with van der Waals surface area (Å²) in [6.07, 6.45) is 0. The minimum Gasteiger partial charge on any atom is -0.384 e. The number of nitrogens with one attached hydrogen (secondary N) is 1. The Bertz CT molecular complexity index is 541. The molecule has 2 aromatic carbocycles. The van der Waals surface area contributed by atoms with Crippen LogP contribution in [0.15, 0.2) is 54.6 Å². The van der Waals surface area contributed by atoms with Gasteiger partial charge in [0.1, 0.15) is 0 Å². The molecule has 1 fully saturated rings. The van der Waals surface area contributed by atoms with Crippen LogP contribution in [0.4, 0.5) is 5.69 Å². The third kappa shape index (κ3) is 2.69.